The van der Waals surface area contributed by atoms with Gasteiger partial charge >= 0.3 is 0 Å². The molecule has 0 aliphatic carbocycles. The van der Waals surface area contributed by atoms with Crippen LogP contribution in [0.5, 0.6) is 0 Å². The number of ether oxygens (including phenoxy) is 1. The van der Waals surface area contributed by atoms with Crippen LogP contribution in [0.3, 0.4) is 0 Å². The van der Waals surface area contributed by atoms with Crippen LogP contribution < -0.4 is 5.73 Å². The number of amides is 1. The van der Waals surface area contributed by atoms with Crippen molar-refractivity contribution in [1.29, 1.82) is 0 Å². The molecular formula is C10H10FNO2. The molecule has 0 aromatic heterocycles. The zero-order chi connectivity index (χ0) is 10.3. The first kappa shape index (κ1) is 9.15. The minimum atomic E-state index is -0.919. The zero-order valence-corrected chi connectivity index (χ0v) is 7.66. The molecule has 0 radical (unpaired) electrons. The maximum Gasteiger partial charge on any atom is 0.252 e. The van der Waals surface area contributed by atoms with Gasteiger partial charge < -0.3 is 10.5 Å². The molecule has 2 N–H and O–H groups in total. The largest absolute Gasteiger partial charge is 0.367 e. The van der Waals surface area contributed by atoms with Gasteiger partial charge in [0.15, 0.2) is 5.60 Å². The van der Waals surface area contributed by atoms with Crippen LogP contribution in [-0.2, 0) is 9.53 Å². The number of benzene rings is 1. The van der Waals surface area contributed by atoms with Gasteiger partial charge in [0.25, 0.3) is 5.91 Å². The highest BCUT2D eigenvalue weighted by Crippen LogP contribution is 2.48. The standard InChI is InChI=1S/C10H10FNO2/c1-10(9(12)13)8(14-10)6-2-4-7(11)5-3-6/h2-5,8H,1H3,(H2,12,13)/t8-,10+/m0/s1. The highest BCUT2D eigenvalue weighted by atomic mass is 19.1. The molecule has 14 heavy (non-hydrogen) atoms. The SMILES string of the molecule is C[C@@]1(C(N)=O)O[C@H]1c1ccc(F)cc1. The number of hydrogen-bond acceptors (Lipinski definition) is 2. The van der Waals surface area contributed by atoms with Crippen molar-refractivity contribution in [2.24, 2.45) is 5.73 Å². The van der Waals surface area contributed by atoms with E-state index in [0.29, 0.717) is 0 Å². The van der Waals surface area contributed by atoms with Gasteiger partial charge in [-0.25, -0.2) is 4.39 Å². The quantitative estimate of drug-likeness (QED) is 0.719. The Kier molecular flexibility index (Phi) is 1.82. The van der Waals surface area contributed by atoms with Gasteiger partial charge in [-0.2, -0.15) is 0 Å². The summed E-state index contributed by atoms with van der Waals surface area (Å²) < 4.78 is 17.8. The Labute approximate surface area is 80.7 Å². The minimum Gasteiger partial charge on any atom is -0.367 e. The molecule has 3 nitrogen and oxygen atoms in total. The van der Waals surface area contributed by atoms with Crippen molar-refractivity contribution < 1.29 is 13.9 Å². The van der Waals surface area contributed by atoms with Gasteiger partial charge in [0.05, 0.1) is 0 Å². The highest BCUT2D eigenvalue weighted by molar-refractivity contribution is 5.86. The van der Waals surface area contributed by atoms with Crippen LogP contribution in [-0.4, -0.2) is 11.5 Å². The van der Waals surface area contributed by atoms with E-state index in [0.717, 1.165) is 5.56 Å². The summed E-state index contributed by atoms with van der Waals surface area (Å²) in [5, 5.41) is 0. The molecule has 0 saturated carbocycles. The second-order valence-electron chi connectivity index (χ2n) is 3.52. The van der Waals surface area contributed by atoms with Crippen molar-refractivity contribution in [1.82, 2.24) is 0 Å². The summed E-state index contributed by atoms with van der Waals surface area (Å²) in [4.78, 5) is 11.0. The van der Waals surface area contributed by atoms with E-state index in [2.05, 4.69) is 0 Å². The van der Waals surface area contributed by atoms with Crippen molar-refractivity contribution in [3.63, 3.8) is 0 Å². The third-order valence-corrected chi connectivity index (χ3v) is 2.47. The third-order valence-electron chi connectivity index (χ3n) is 2.47. The predicted molar refractivity (Wildman–Crippen MR) is 47.8 cm³/mol. The molecule has 74 valence electrons. The lowest BCUT2D eigenvalue weighted by molar-refractivity contribution is -0.122. The molecule has 1 aromatic rings. The van der Waals surface area contributed by atoms with Crippen LogP contribution in [0, 0.1) is 5.82 Å². The van der Waals surface area contributed by atoms with E-state index in [9.17, 15) is 9.18 Å². The second kappa shape index (κ2) is 2.78. The lowest BCUT2D eigenvalue weighted by atomic mass is 10.0. The molecule has 1 saturated heterocycles. The number of carbonyl (C=O) groups is 1. The van der Waals surface area contributed by atoms with Gasteiger partial charge in [-0.3, -0.25) is 4.79 Å². The molecule has 0 unspecified atom stereocenters. The Morgan fingerprint density at radius 1 is 1.50 bits per heavy atom. The van der Waals surface area contributed by atoms with E-state index in [1.807, 2.05) is 0 Å². The van der Waals surface area contributed by atoms with Crippen molar-refractivity contribution in [2.75, 3.05) is 0 Å². The Hall–Kier alpha value is -1.42. The van der Waals surface area contributed by atoms with E-state index in [4.69, 9.17) is 10.5 Å². The molecule has 1 heterocycles. The molecule has 1 fully saturated rings. The summed E-state index contributed by atoms with van der Waals surface area (Å²) in [5.41, 5.74) is 5.00. The Balaban J connectivity index is 2.21. The summed E-state index contributed by atoms with van der Waals surface area (Å²) in [7, 11) is 0. The third kappa shape index (κ3) is 1.28. The molecule has 4 heteroatoms. The Morgan fingerprint density at radius 3 is 2.50 bits per heavy atom. The van der Waals surface area contributed by atoms with Gasteiger partial charge in [-0.1, -0.05) is 12.1 Å². The Morgan fingerprint density at radius 2 is 2.07 bits per heavy atom. The zero-order valence-electron chi connectivity index (χ0n) is 7.66. The lowest BCUT2D eigenvalue weighted by Gasteiger charge is -1.99. The van der Waals surface area contributed by atoms with Crippen molar-refractivity contribution >= 4 is 5.91 Å². The second-order valence-corrected chi connectivity index (χ2v) is 3.52. The smallest absolute Gasteiger partial charge is 0.252 e. The van der Waals surface area contributed by atoms with Gasteiger partial charge in [0.1, 0.15) is 11.9 Å². The molecule has 1 aliphatic heterocycles. The summed E-state index contributed by atoms with van der Waals surface area (Å²) >= 11 is 0. The first-order chi connectivity index (χ1) is 6.54. The van der Waals surface area contributed by atoms with Gasteiger partial charge in [-0.15, -0.1) is 0 Å². The lowest BCUT2D eigenvalue weighted by Crippen LogP contribution is -2.29. The van der Waals surface area contributed by atoms with Crippen molar-refractivity contribution in [2.45, 2.75) is 18.6 Å². The molecule has 2 rings (SSSR count). The van der Waals surface area contributed by atoms with Gasteiger partial charge in [-0.05, 0) is 24.6 Å². The van der Waals surface area contributed by atoms with Crippen LogP contribution in [0.2, 0.25) is 0 Å². The maximum atomic E-state index is 12.6. The van der Waals surface area contributed by atoms with Crippen molar-refractivity contribution in [3.8, 4) is 0 Å². The van der Waals surface area contributed by atoms with E-state index >= 15 is 0 Å². The summed E-state index contributed by atoms with van der Waals surface area (Å²) in [6.07, 6.45) is -0.333. The number of epoxide rings is 1. The predicted octanol–water partition coefficient (Wildman–Crippen LogP) is 1.14. The molecule has 2 atom stereocenters. The number of hydrogen-bond donors (Lipinski definition) is 1. The molecule has 0 spiro atoms. The molecule has 1 aromatic carbocycles. The number of halogens is 1. The first-order valence-electron chi connectivity index (χ1n) is 4.27. The maximum absolute atomic E-state index is 12.6. The molecule has 0 bridgehead atoms. The van der Waals surface area contributed by atoms with Crippen LogP contribution in [0.25, 0.3) is 0 Å². The first-order valence-corrected chi connectivity index (χ1v) is 4.27. The number of carbonyl (C=O) groups excluding carboxylic acids is 1. The van der Waals surface area contributed by atoms with Crippen LogP contribution in [0.4, 0.5) is 4.39 Å². The van der Waals surface area contributed by atoms with Gasteiger partial charge in [0, 0.05) is 0 Å². The average Bonchev–Trinajstić information content (AvgIpc) is 2.81. The number of primary amides is 1. The molecule has 1 amide bonds. The summed E-state index contributed by atoms with van der Waals surface area (Å²) in [6, 6.07) is 5.85. The van der Waals surface area contributed by atoms with E-state index < -0.39 is 11.5 Å². The molecule has 1 aliphatic rings. The molecular weight excluding hydrogens is 185 g/mol. The highest BCUT2D eigenvalue weighted by Gasteiger charge is 2.58. The fourth-order valence-corrected chi connectivity index (χ4v) is 1.42. The number of nitrogens with two attached hydrogens (primary N) is 1. The number of rotatable bonds is 2. The minimum absolute atomic E-state index is 0.310. The average molecular weight is 195 g/mol. The summed E-state index contributed by atoms with van der Waals surface area (Å²) in [5.74, 6) is -0.804. The summed E-state index contributed by atoms with van der Waals surface area (Å²) in [6.45, 7) is 1.63. The Bertz CT molecular complexity index is 376. The topological polar surface area (TPSA) is 55.6 Å². The van der Waals surface area contributed by atoms with Crippen LogP contribution >= 0.6 is 0 Å². The van der Waals surface area contributed by atoms with Crippen LogP contribution in [0.1, 0.15) is 18.6 Å². The van der Waals surface area contributed by atoms with Gasteiger partial charge in [0.2, 0.25) is 0 Å². The fraction of sp³-hybridized carbons (Fsp3) is 0.300. The van der Waals surface area contributed by atoms with E-state index in [1.54, 1.807) is 19.1 Å². The van der Waals surface area contributed by atoms with E-state index in [1.165, 1.54) is 12.1 Å². The fourth-order valence-electron chi connectivity index (χ4n) is 1.42. The van der Waals surface area contributed by atoms with E-state index in [-0.39, 0.29) is 11.9 Å². The van der Waals surface area contributed by atoms with Crippen LogP contribution in [0.15, 0.2) is 24.3 Å². The normalized spacial score (nSPS) is 30.0. The monoisotopic (exact) mass is 195 g/mol. The van der Waals surface area contributed by atoms with Crippen molar-refractivity contribution in [3.05, 3.63) is 35.6 Å².